The van der Waals surface area contributed by atoms with Gasteiger partial charge in [0, 0.05) is 11.8 Å². The zero-order chi connectivity index (χ0) is 18.0. The second kappa shape index (κ2) is 6.64. The van der Waals surface area contributed by atoms with Crippen molar-refractivity contribution in [1.29, 1.82) is 0 Å². The summed E-state index contributed by atoms with van der Waals surface area (Å²) in [4.78, 5) is 11.8. The summed E-state index contributed by atoms with van der Waals surface area (Å²) in [5.41, 5.74) is -1.34. The number of benzene rings is 2. The lowest BCUT2D eigenvalue weighted by Gasteiger charge is -2.13. The topological polar surface area (TPSA) is 60.4 Å². The van der Waals surface area contributed by atoms with E-state index in [9.17, 15) is 26.4 Å². The number of esters is 1. The first-order chi connectivity index (χ1) is 11.1. The van der Waals surface area contributed by atoms with Crippen molar-refractivity contribution < 1.29 is 31.1 Å². The van der Waals surface area contributed by atoms with Crippen LogP contribution < -0.4 is 0 Å². The molecule has 0 bridgehead atoms. The summed E-state index contributed by atoms with van der Waals surface area (Å²) in [6.45, 7) is -0.618. The molecule has 2 aromatic rings. The number of hydrogen-bond donors (Lipinski definition) is 0. The first-order valence-electron chi connectivity index (χ1n) is 6.72. The van der Waals surface area contributed by atoms with Crippen LogP contribution in [0.15, 0.2) is 53.4 Å². The van der Waals surface area contributed by atoms with Gasteiger partial charge in [-0.1, -0.05) is 30.3 Å². The molecule has 2 aromatic carbocycles. The Bertz CT molecular complexity index is 858. The number of carbonyl (C=O) groups excluding carboxylic acids is 1. The molecule has 2 rings (SSSR count). The van der Waals surface area contributed by atoms with Crippen LogP contribution in [0.4, 0.5) is 13.2 Å². The molecule has 0 saturated carbocycles. The zero-order valence-corrected chi connectivity index (χ0v) is 13.3. The average Bonchev–Trinajstić information content (AvgIpc) is 2.51. The van der Waals surface area contributed by atoms with E-state index in [2.05, 4.69) is 0 Å². The molecule has 0 radical (unpaired) electrons. The number of rotatable bonds is 4. The smallest absolute Gasteiger partial charge is 0.416 e. The highest BCUT2D eigenvalue weighted by atomic mass is 32.2. The molecule has 0 aliphatic rings. The van der Waals surface area contributed by atoms with Gasteiger partial charge in [-0.2, -0.15) is 13.2 Å². The van der Waals surface area contributed by atoms with Crippen molar-refractivity contribution in [3.8, 4) is 0 Å². The number of alkyl halides is 3. The van der Waals surface area contributed by atoms with Crippen LogP contribution >= 0.6 is 0 Å². The zero-order valence-electron chi connectivity index (χ0n) is 12.5. The molecule has 0 saturated heterocycles. The fraction of sp³-hybridized carbons (Fsp3) is 0.188. The standard InChI is InChI=1S/C16H13F3O4S/c1-24(21,22)14-9-5-3-7-12(14)15(20)23-10-11-6-2-4-8-13(11)16(17,18)19/h2-9H,10H2,1H3. The van der Waals surface area contributed by atoms with Crippen molar-refractivity contribution in [1.82, 2.24) is 0 Å². The van der Waals surface area contributed by atoms with Gasteiger partial charge in [0.2, 0.25) is 0 Å². The fourth-order valence-electron chi connectivity index (χ4n) is 2.10. The SMILES string of the molecule is CS(=O)(=O)c1ccccc1C(=O)OCc1ccccc1C(F)(F)F. The van der Waals surface area contributed by atoms with E-state index in [0.717, 1.165) is 12.3 Å². The molecular weight excluding hydrogens is 345 g/mol. The highest BCUT2D eigenvalue weighted by Crippen LogP contribution is 2.32. The monoisotopic (exact) mass is 358 g/mol. The maximum Gasteiger partial charge on any atom is 0.416 e. The molecule has 0 amide bonds. The van der Waals surface area contributed by atoms with E-state index in [1.807, 2.05) is 0 Å². The van der Waals surface area contributed by atoms with Crippen molar-refractivity contribution in [2.45, 2.75) is 17.7 Å². The molecule has 0 unspecified atom stereocenters. The lowest BCUT2D eigenvalue weighted by molar-refractivity contribution is -0.138. The average molecular weight is 358 g/mol. The highest BCUT2D eigenvalue weighted by Gasteiger charge is 2.33. The van der Waals surface area contributed by atoms with Crippen molar-refractivity contribution >= 4 is 15.8 Å². The second-order valence-electron chi connectivity index (χ2n) is 5.00. The van der Waals surface area contributed by atoms with Gasteiger partial charge in [0.05, 0.1) is 16.0 Å². The van der Waals surface area contributed by atoms with Gasteiger partial charge in [0.1, 0.15) is 6.61 Å². The van der Waals surface area contributed by atoms with E-state index in [4.69, 9.17) is 4.74 Å². The Kier molecular flexibility index (Phi) is 4.98. The Hall–Kier alpha value is -2.35. The van der Waals surface area contributed by atoms with Crippen LogP contribution in [-0.4, -0.2) is 20.6 Å². The van der Waals surface area contributed by atoms with E-state index in [1.165, 1.54) is 42.5 Å². The molecule has 0 fully saturated rings. The Morgan fingerprint density at radius 2 is 1.62 bits per heavy atom. The lowest BCUT2D eigenvalue weighted by Crippen LogP contribution is -2.14. The van der Waals surface area contributed by atoms with E-state index < -0.39 is 34.2 Å². The van der Waals surface area contributed by atoms with Crippen LogP contribution in [0.2, 0.25) is 0 Å². The van der Waals surface area contributed by atoms with Gasteiger partial charge in [-0.25, -0.2) is 13.2 Å². The predicted octanol–water partition coefficient (Wildman–Crippen LogP) is 3.47. The normalized spacial score (nSPS) is 12.0. The molecule has 0 aliphatic heterocycles. The quantitative estimate of drug-likeness (QED) is 0.786. The van der Waals surface area contributed by atoms with Crippen molar-refractivity contribution in [3.05, 3.63) is 65.2 Å². The van der Waals surface area contributed by atoms with Crippen LogP contribution in [0.3, 0.4) is 0 Å². The van der Waals surface area contributed by atoms with Gasteiger partial charge in [0.15, 0.2) is 9.84 Å². The number of hydrogen-bond acceptors (Lipinski definition) is 4. The van der Waals surface area contributed by atoms with Gasteiger partial charge in [-0.3, -0.25) is 0 Å². The summed E-state index contributed by atoms with van der Waals surface area (Å²) in [6, 6.07) is 10.0. The summed E-state index contributed by atoms with van der Waals surface area (Å²) in [6.07, 6.45) is -3.65. The van der Waals surface area contributed by atoms with Gasteiger partial charge in [-0.05, 0) is 18.2 Å². The number of ether oxygens (including phenoxy) is 1. The minimum absolute atomic E-state index is 0.213. The minimum Gasteiger partial charge on any atom is -0.457 e. The largest absolute Gasteiger partial charge is 0.457 e. The lowest BCUT2D eigenvalue weighted by atomic mass is 10.1. The maximum absolute atomic E-state index is 12.9. The Labute approximate surface area is 136 Å². The van der Waals surface area contributed by atoms with Crippen LogP contribution in [-0.2, 0) is 27.4 Å². The van der Waals surface area contributed by atoms with Gasteiger partial charge < -0.3 is 4.74 Å². The van der Waals surface area contributed by atoms with Crippen molar-refractivity contribution in [2.24, 2.45) is 0 Å². The molecule has 4 nitrogen and oxygen atoms in total. The molecule has 24 heavy (non-hydrogen) atoms. The molecule has 0 aromatic heterocycles. The third-order valence-electron chi connectivity index (χ3n) is 3.19. The van der Waals surface area contributed by atoms with Gasteiger partial charge in [-0.15, -0.1) is 0 Å². The summed E-state index contributed by atoms with van der Waals surface area (Å²) < 4.78 is 66.9. The highest BCUT2D eigenvalue weighted by molar-refractivity contribution is 7.90. The third-order valence-corrected chi connectivity index (χ3v) is 4.34. The Morgan fingerprint density at radius 1 is 1.04 bits per heavy atom. The summed E-state index contributed by atoms with van der Waals surface area (Å²) in [5, 5.41) is 0. The summed E-state index contributed by atoms with van der Waals surface area (Å²) in [5.74, 6) is -1.01. The molecule has 0 N–H and O–H groups in total. The molecular formula is C16H13F3O4S. The van der Waals surface area contributed by atoms with E-state index in [1.54, 1.807) is 0 Å². The van der Waals surface area contributed by atoms with E-state index in [0.29, 0.717) is 0 Å². The summed E-state index contributed by atoms with van der Waals surface area (Å²) >= 11 is 0. The fourth-order valence-corrected chi connectivity index (χ4v) is 2.98. The van der Waals surface area contributed by atoms with E-state index >= 15 is 0 Å². The number of sulfone groups is 1. The molecule has 128 valence electrons. The number of carbonyl (C=O) groups is 1. The van der Waals surface area contributed by atoms with E-state index in [-0.39, 0.29) is 16.0 Å². The van der Waals surface area contributed by atoms with Crippen molar-refractivity contribution in [3.63, 3.8) is 0 Å². The molecule has 0 spiro atoms. The third kappa shape index (κ3) is 4.14. The Balaban J connectivity index is 2.25. The molecule has 0 heterocycles. The van der Waals surface area contributed by atoms with Crippen LogP contribution in [0.25, 0.3) is 0 Å². The summed E-state index contributed by atoms with van der Waals surface area (Å²) in [7, 11) is -3.67. The number of halogens is 3. The minimum atomic E-state index is -4.58. The molecule has 0 aliphatic carbocycles. The van der Waals surface area contributed by atoms with Gasteiger partial charge in [0.25, 0.3) is 0 Å². The maximum atomic E-state index is 12.9. The second-order valence-corrected chi connectivity index (χ2v) is 6.98. The molecule has 8 heteroatoms. The van der Waals surface area contributed by atoms with Crippen LogP contribution in [0.5, 0.6) is 0 Å². The predicted molar refractivity (Wildman–Crippen MR) is 80.1 cm³/mol. The molecule has 0 atom stereocenters. The first kappa shape index (κ1) is 18.0. The van der Waals surface area contributed by atoms with Crippen LogP contribution in [0, 0.1) is 0 Å². The van der Waals surface area contributed by atoms with Crippen LogP contribution in [0.1, 0.15) is 21.5 Å². The van der Waals surface area contributed by atoms with Crippen molar-refractivity contribution in [2.75, 3.05) is 6.26 Å². The van der Waals surface area contributed by atoms with Gasteiger partial charge >= 0.3 is 12.1 Å². The Morgan fingerprint density at radius 3 is 2.25 bits per heavy atom. The first-order valence-corrected chi connectivity index (χ1v) is 8.61.